The van der Waals surface area contributed by atoms with E-state index < -0.39 is 6.10 Å². The molecule has 0 bridgehead atoms. The standard InChI is InChI=1S/C20H31N3O2/c1-4-21-10-12-22(13-11-21)18-8-9-23(15-18)20(24)17(3)25-19-7-5-6-16(2)14-19/h5-7,14,17-18H,4,8-13,15H2,1-3H3. The van der Waals surface area contributed by atoms with Crippen molar-refractivity contribution < 1.29 is 9.53 Å². The van der Waals surface area contributed by atoms with Gasteiger partial charge in [-0.2, -0.15) is 0 Å². The lowest BCUT2D eigenvalue weighted by molar-refractivity contribution is -0.137. The number of amides is 1. The summed E-state index contributed by atoms with van der Waals surface area (Å²) in [6.07, 6.45) is 0.646. The molecule has 2 aliphatic rings. The molecular weight excluding hydrogens is 314 g/mol. The van der Waals surface area contributed by atoms with Crippen LogP contribution in [0.5, 0.6) is 5.75 Å². The highest BCUT2D eigenvalue weighted by molar-refractivity contribution is 5.81. The van der Waals surface area contributed by atoms with Gasteiger partial charge in [-0.25, -0.2) is 0 Å². The molecule has 1 aromatic carbocycles. The highest BCUT2D eigenvalue weighted by atomic mass is 16.5. The van der Waals surface area contributed by atoms with E-state index in [1.807, 2.05) is 43.0 Å². The fourth-order valence-corrected chi connectivity index (χ4v) is 3.89. The maximum atomic E-state index is 12.7. The second-order valence-corrected chi connectivity index (χ2v) is 7.27. The van der Waals surface area contributed by atoms with Crippen LogP contribution >= 0.6 is 0 Å². The molecule has 1 amide bonds. The number of carbonyl (C=O) groups excluding carboxylic acids is 1. The Hall–Kier alpha value is -1.59. The van der Waals surface area contributed by atoms with Crippen LogP contribution in [-0.2, 0) is 4.79 Å². The Kier molecular flexibility index (Phi) is 5.97. The molecule has 0 N–H and O–H groups in total. The van der Waals surface area contributed by atoms with Gasteiger partial charge < -0.3 is 14.5 Å². The summed E-state index contributed by atoms with van der Waals surface area (Å²) in [7, 11) is 0. The lowest BCUT2D eigenvalue weighted by atomic mass is 10.2. The number of carbonyl (C=O) groups is 1. The zero-order valence-corrected chi connectivity index (χ0v) is 15.8. The van der Waals surface area contributed by atoms with E-state index in [-0.39, 0.29) is 5.91 Å². The van der Waals surface area contributed by atoms with Crippen molar-refractivity contribution in [2.75, 3.05) is 45.8 Å². The molecule has 138 valence electrons. The Balaban J connectivity index is 1.50. The van der Waals surface area contributed by atoms with Crippen LogP contribution in [0, 0.1) is 6.92 Å². The van der Waals surface area contributed by atoms with E-state index in [0.29, 0.717) is 6.04 Å². The number of piperazine rings is 1. The maximum absolute atomic E-state index is 12.7. The molecule has 2 saturated heterocycles. The van der Waals surface area contributed by atoms with Gasteiger partial charge in [0, 0.05) is 45.3 Å². The van der Waals surface area contributed by atoms with Crippen molar-refractivity contribution in [1.29, 1.82) is 0 Å². The molecule has 5 heteroatoms. The number of likely N-dealkylation sites (N-methyl/N-ethyl adjacent to an activating group) is 1. The van der Waals surface area contributed by atoms with Gasteiger partial charge >= 0.3 is 0 Å². The van der Waals surface area contributed by atoms with Crippen molar-refractivity contribution in [3.63, 3.8) is 0 Å². The molecular formula is C20H31N3O2. The monoisotopic (exact) mass is 345 g/mol. The number of benzene rings is 1. The highest BCUT2D eigenvalue weighted by Crippen LogP contribution is 2.20. The van der Waals surface area contributed by atoms with Crippen LogP contribution in [-0.4, -0.2) is 78.6 Å². The number of rotatable bonds is 5. The van der Waals surface area contributed by atoms with E-state index in [0.717, 1.165) is 63.5 Å². The predicted octanol–water partition coefficient (Wildman–Crippen LogP) is 2.00. The first-order chi connectivity index (χ1) is 12.1. The third-order valence-electron chi connectivity index (χ3n) is 5.50. The lowest BCUT2D eigenvalue weighted by Gasteiger charge is -2.37. The van der Waals surface area contributed by atoms with Gasteiger partial charge in [0.15, 0.2) is 6.10 Å². The molecule has 25 heavy (non-hydrogen) atoms. The second-order valence-electron chi connectivity index (χ2n) is 7.27. The molecule has 0 saturated carbocycles. The molecule has 2 unspecified atom stereocenters. The molecule has 3 rings (SSSR count). The Labute approximate surface area is 151 Å². The molecule has 2 heterocycles. The summed E-state index contributed by atoms with van der Waals surface area (Å²) >= 11 is 0. The van der Waals surface area contributed by atoms with Crippen molar-refractivity contribution in [3.8, 4) is 5.75 Å². The number of nitrogens with zero attached hydrogens (tertiary/aromatic N) is 3. The maximum Gasteiger partial charge on any atom is 0.263 e. The molecule has 0 aromatic heterocycles. The topological polar surface area (TPSA) is 36.0 Å². The Morgan fingerprint density at radius 2 is 2.00 bits per heavy atom. The smallest absolute Gasteiger partial charge is 0.263 e. The molecule has 0 radical (unpaired) electrons. The minimum Gasteiger partial charge on any atom is -0.481 e. The average molecular weight is 345 g/mol. The highest BCUT2D eigenvalue weighted by Gasteiger charge is 2.33. The molecule has 0 aliphatic carbocycles. The molecule has 0 spiro atoms. The predicted molar refractivity (Wildman–Crippen MR) is 99.9 cm³/mol. The van der Waals surface area contributed by atoms with Crippen molar-refractivity contribution in [3.05, 3.63) is 29.8 Å². The van der Waals surface area contributed by atoms with Gasteiger partial charge in [0.2, 0.25) is 0 Å². The van der Waals surface area contributed by atoms with E-state index in [1.54, 1.807) is 0 Å². The van der Waals surface area contributed by atoms with Gasteiger partial charge in [-0.1, -0.05) is 19.1 Å². The SMILES string of the molecule is CCN1CCN(C2CCN(C(=O)C(C)Oc3cccc(C)c3)C2)CC1. The van der Waals surface area contributed by atoms with Crippen LogP contribution < -0.4 is 4.74 Å². The van der Waals surface area contributed by atoms with Gasteiger partial charge in [-0.15, -0.1) is 0 Å². The number of aryl methyl sites for hydroxylation is 1. The van der Waals surface area contributed by atoms with E-state index in [4.69, 9.17) is 4.74 Å². The Morgan fingerprint density at radius 3 is 2.68 bits per heavy atom. The van der Waals surface area contributed by atoms with Crippen LogP contribution in [0.3, 0.4) is 0 Å². The quantitative estimate of drug-likeness (QED) is 0.818. The number of hydrogen-bond acceptors (Lipinski definition) is 4. The van der Waals surface area contributed by atoms with Crippen molar-refractivity contribution >= 4 is 5.91 Å². The second kappa shape index (κ2) is 8.19. The molecule has 1 aromatic rings. The molecule has 2 atom stereocenters. The van der Waals surface area contributed by atoms with E-state index in [9.17, 15) is 4.79 Å². The van der Waals surface area contributed by atoms with Crippen LogP contribution in [0.2, 0.25) is 0 Å². The first kappa shape index (κ1) is 18.2. The number of likely N-dealkylation sites (tertiary alicyclic amines) is 1. The largest absolute Gasteiger partial charge is 0.481 e. The van der Waals surface area contributed by atoms with Crippen LogP contribution in [0.15, 0.2) is 24.3 Å². The summed E-state index contributed by atoms with van der Waals surface area (Å²) in [6, 6.07) is 8.39. The van der Waals surface area contributed by atoms with E-state index >= 15 is 0 Å². The zero-order chi connectivity index (χ0) is 17.8. The minimum atomic E-state index is -0.433. The number of hydrogen-bond donors (Lipinski definition) is 0. The van der Waals surface area contributed by atoms with Crippen LogP contribution in [0.4, 0.5) is 0 Å². The van der Waals surface area contributed by atoms with Crippen molar-refractivity contribution in [2.45, 2.75) is 39.3 Å². The van der Waals surface area contributed by atoms with Gasteiger partial charge in [0.05, 0.1) is 0 Å². The normalized spacial score (nSPS) is 23.6. The first-order valence-corrected chi connectivity index (χ1v) is 9.55. The van der Waals surface area contributed by atoms with Crippen molar-refractivity contribution in [1.82, 2.24) is 14.7 Å². The fraction of sp³-hybridized carbons (Fsp3) is 0.650. The van der Waals surface area contributed by atoms with Crippen molar-refractivity contribution in [2.24, 2.45) is 0 Å². The summed E-state index contributed by atoms with van der Waals surface area (Å²) in [5.41, 5.74) is 1.14. The summed E-state index contributed by atoms with van der Waals surface area (Å²) in [6.45, 7) is 13.5. The Bertz CT molecular complexity index is 584. The summed E-state index contributed by atoms with van der Waals surface area (Å²) in [4.78, 5) is 19.8. The van der Waals surface area contributed by atoms with Gasteiger partial charge in [-0.05, 0) is 44.5 Å². The van der Waals surface area contributed by atoms with Gasteiger partial charge in [-0.3, -0.25) is 9.69 Å². The van der Waals surface area contributed by atoms with E-state index in [2.05, 4.69) is 16.7 Å². The fourth-order valence-electron chi connectivity index (χ4n) is 3.89. The Morgan fingerprint density at radius 1 is 1.24 bits per heavy atom. The van der Waals surface area contributed by atoms with E-state index in [1.165, 1.54) is 0 Å². The molecule has 5 nitrogen and oxygen atoms in total. The lowest BCUT2D eigenvalue weighted by Crippen LogP contribution is -2.51. The minimum absolute atomic E-state index is 0.108. The zero-order valence-electron chi connectivity index (χ0n) is 15.8. The first-order valence-electron chi connectivity index (χ1n) is 9.55. The van der Waals surface area contributed by atoms with Crippen LogP contribution in [0.1, 0.15) is 25.8 Å². The summed E-state index contributed by atoms with van der Waals surface area (Å²) in [5, 5.41) is 0. The van der Waals surface area contributed by atoms with Crippen LogP contribution in [0.25, 0.3) is 0 Å². The third-order valence-corrected chi connectivity index (χ3v) is 5.50. The number of ether oxygens (including phenoxy) is 1. The average Bonchev–Trinajstić information content (AvgIpc) is 3.11. The van der Waals surface area contributed by atoms with Gasteiger partial charge in [0.1, 0.15) is 5.75 Å². The van der Waals surface area contributed by atoms with Gasteiger partial charge in [0.25, 0.3) is 5.91 Å². The molecule has 2 fully saturated rings. The molecule has 2 aliphatic heterocycles. The third kappa shape index (κ3) is 4.53. The summed E-state index contributed by atoms with van der Waals surface area (Å²) < 4.78 is 5.87. The summed E-state index contributed by atoms with van der Waals surface area (Å²) in [5.74, 6) is 0.878.